The first-order valence-corrected chi connectivity index (χ1v) is 13.4. The molecule has 0 aliphatic heterocycles. The zero-order valence-electron chi connectivity index (χ0n) is 30.8. The fourth-order valence-electron chi connectivity index (χ4n) is 5.74. The van der Waals surface area contributed by atoms with Crippen LogP contribution < -0.4 is 4.90 Å². The van der Waals surface area contributed by atoms with Gasteiger partial charge in [-0.05, 0) is 85.1 Å². The Bertz CT molecular complexity index is 2670. The number of hydrogen-bond donors (Lipinski definition) is 0. The molecule has 0 amide bonds. The van der Waals surface area contributed by atoms with Crippen LogP contribution in [0.3, 0.4) is 0 Å². The average Bonchev–Trinajstić information content (AvgIpc) is 3.15. The summed E-state index contributed by atoms with van der Waals surface area (Å²) >= 11 is 0. The standard InChI is InChI=1S/C40H27N/c1-2-14-31(15-3-1)41(40-27-30-13-5-7-17-34(30)36-19-10-11-21-38(36)40)32-24-22-28(23-25-32)39-26-29-12-4-6-16-33(29)35-18-8-9-20-37(35)39/h1-27H/i1D,2D,3D,14D,15D,22D,23D,24D,25D. The molecule has 8 rings (SSSR count). The number of nitrogens with zero attached hydrogens (tertiary/aromatic N) is 1. The van der Waals surface area contributed by atoms with E-state index in [1.165, 1.54) is 4.90 Å². The van der Waals surface area contributed by atoms with E-state index in [1.54, 1.807) is 6.07 Å². The number of para-hydroxylation sites is 1. The smallest absolute Gasteiger partial charge is 0.0645 e. The van der Waals surface area contributed by atoms with Crippen LogP contribution in [0.5, 0.6) is 0 Å². The number of anilines is 3. The number of fused-ring (bicyclic) bond motifs is 6. The Kier molecular flexibility index (Phi) is 3.77. The molecule has 0 bridgehead atoms. The third-order valence-electron chi connectivity index (χ3n) is 7.57. The van der Waals surface area contributed by atoms with Gasteiger partial charge in [-0.2, -0.15) is 0 Å². The SMILES string of the molecule is [2H]c1c([2H])c([2H])c(N(c2c([2H])c([2H])c(-c3cc4ccccc4c4ccccc34)c([2H])c2[2H])c2cc3ccccc3c3ccccc23)c([2H])c1[2H]. The highest BCUT2D eigenvalue weighted by Crippen LogP contribution is 2.43. The molecular formula is C40H27N. The number of benzene rings is 8. The molecule has 1 nitrogen and oxygen atoms in total. The average molecular weight is 531 g/mol. The van der Waals surface area contributed by atoms with E-state index < -0.39 is 42.3 Å². The third-order valence-corrected chi connectivity index (χ3v) is 7.57. The fraction of sp³-hybridized carbons (Fsp3) is 0. The van der Waals surface area contributed by atoms with E-state index in [4.69, 9.17) is 6.85 Å². The first-order chi connectivity index (χ1) is 24.1. The molecule has 0 aliphatic rings. The molecule has 0 spiro atoms. The quantitative estimate of drug-likeness (QED) is 0.205. The second-order valence-corrected chi connectivity index (χ2v) is 9.89. The van der Waals surface area contributed by atoms with Crippen molar-refractivity contribution >= 4 is 60.2 Å². The highest BCUT2D eigenvalue weighted by atomic mass is 15.1. The van der Waals surface area contributed by atoms with Gasteiger partial charge in [-0.1, -0.05) is 127 Å². The summed E-state index contributed by atoms with van der Waals surface area (Å²) in [5.74, 6) is 0. The second-order valence-electron chi connectivity index (χ2n) is 9.89. The molecule has 1 heteroatoms. The van der Waals surface area contributed by atoms with Crippen LogP contribution in [-0.2, 0) is 0 Å². The van der Waals surface area contributed by atoms with E-state index in [1.807, 2.05) is 103 Å². The Hall–Kier alpha value is -5.40. The molecule has 0 aliphatic carbocycles. The van der Waals surface area contributed by atoms with Gasteiger partial charge in [0.15, 0.2) is 0 Å². The van der Waals surface area contributed by atoms with Gasteiger partial charge in [0.2, 0.25) is 0 Å². The maximum absolute atomic E-state index is 9.50. The summed E-state index contributed by atoms with van der Waals surface area (Å²) < 4.78 is 81.2. The van der Waals surface area contributed by atoms with Crippen molar-refractivity contribution in [2.45, 2.75) is 0 Å². The van der Waals surface area contributed by atoms with Crippen LogP contribution in [0.15, 0.2) is 164 Å². The van der Waals surface area contributed by atoms with Crippen LogP contribution in [0.4, 0.5) is 17.1 Å². The Morgan fingerprint density at radius 2 is 0.902 bits per heavy atom. The molecule has 0 heterocycles. The second kappa shape index (κ2) is 9.66. The molecule has 8 aromatic carbocycles. The van der Waals surface area contributed by atoms with Crippen molar-refractivity contribution in [3.8, 4) is 11.1 Å². The summed E-state index contributed by atoms with van der Waals surface area (Å²) in [5.41, 5.74) is 0.486. The summed E-state index contributed by atoms with van der Waals surface area (Å²) in [4.78, 5) is 1.32. The van der Waals surface area contributed by atoms with E-state index in [-0.39, 0.29) is 29.0 Å². The van der Waals surface area contributed by atoms with E-state index >= 15 is 0 Å². The third kappa shape index (κ3) is 3.94. The molecule has 0 aromatic heterocycles. The zero-order chi connectivity index (χ0) is 35.0. The summed E-state index contributed by atoms with van der Waals surface area (Å²) in [7, 11) is 0. The van der Waals surface area contributed by atoms with Gasteiger partial charge in [0.1, 0.15) is 0 Å². The zero-order valence-corrected chi connectivity index (χ0v) is 21.8. The lowest BCUT2D eigenvalue weighted by Gasteiger charge is -2.27. The van der Waals surface area contributed by atoms with Crippen LogP contribution in [0.25, 0.3) is 54.2 Å². The number of hydrogen-bond acceptors (Lipinski definition) is 1. The van der Waals surface area contributed by atoms with Crippen molar-refractivity contribution < 1.29 is 12.3 Å². The molecular weight excluding hydrogens is 494 g/mol. The monoisotopic (exact) mass is 530 g/mol. The topological polar surface area (TPSA) is 3.24 Å². The minimum atomic E-state index is -0.579. The largest absolute Gasteiger partial charge is 0.310 e. The van der Waals surface area contributed by atoms with Gasteiger partial charge in [0.05, 0.1) is 18.0 Å². The summed E-state index contributed by atoms with van der Waals surface area (Å²) in [6, 6.07) is 30.0. The van der Waals surface area contributed by atoms with E-state index in [2.05, 4.69) is 0 Å². The molecule has 8 aromatic rings. The van der Waals surface area contributed by atoms with Gasteiger partial charge in [-0.15, -0.1) is 0 Å². The van der Waals surface area contributed by atoms with Gasteiger partial charge in [-0.3, -0.25) is 0 Å². The van der Waals surface area contributed by atoms with Crippen molar-refractivity contribution in [3.05, 3.63) is 164 Å². The van der Waals surface area contributed by atoms with Crippen LogP contribution in [0, 0.1) is 0 Å². The summed E-state index contributed by atoms with van der Waals surface area (Å²) in [5, 5.41) is 6.71. The molecule has 192 valence electrons. The molecule has 41 heavy (non-hydrogen) atoms. The Morgan fingerprint density at radius 1 is 0.415 bits per heavy atom. The minimum absolute atomic E-state index is 0.107. The predicted octanol–water partition coefficient (Wildman–Crippen LogP) is 11.4. The summed E-state index contributed by atoms with van der Waals surface area (Å²) in [6.45, 7) is 0. The molecule has 0 atom stereocenters. The number of rotatable bonds is 4. The van der Waals surface area contributed by atoms with Crippen molar-refractivity contribution in [1.82, 2.24) is 0 Å². The van der Waals surface area contributed by atoms with Gasteiger partial charge < -0.3 is 4.90 Å². The van der Waals surface area contributed by atoms with E-state index in [0.717, 1.165) is 37.7 Å². The van der Waals surface area contributed by atoms with Gasteiger partial charge in [-0.25, -0.2) is 0 Å². The first-order valence-electron chi connectivity index (χ1n) is 17.9. The normalized spacial score (nSPS) is 14.5. The van der Waals surface area contributed by atoms with E-state index in [9.17, 15) is 5.48 Å². The highest BCUT2D eigenvalue weighted by molar-refractivity contribution is 6.15. The lowest BCUT2D eigenvalue weighted by atomic mass is 9.93. The van der Waals surface area contributed by atoms with Gasteiger partial charge in [0, 0.05) is 16.8 Å². The lowest BCUT2D eigenvalue weighted by Crippen LogP contribution is -2.10. The van der Waals surface area contributed by atoms with Crippen molar-refractivity contribution in [2.75, 3.05) is 4.90 Å². The maximum Gasteiger partial charge on any atom is 0.0645 e. The molecule has 0 saturated carbocycles. The first kappa shape index (κ1) is 16.0. The van der Waals surface area contributed by atoms with Crippen LogP contribution in [0.2, 0.25) is 0 Å². The van der Waals surface area contributed by atoms with Crippen molar-refractivity contribution in [3.63, 3.8) is 0 Å². The molecule has 0 N–H and O–H groups in total. The van der Waals surface area contributed by atoms with E-state index in [0.29, 0.717) is 16.6 Å². The fourth-order valence-corrected chi connectivity index (χ4v) is 5.74. The molecule has 0 fully saturated rings. The van der Waals surface area contributed by atoms with Crippen molar-refractivity contribution in [2.24, 2.45) is 0 Å². The Labute approximate surface area is 252 Å². The van der Waals surface area contributed by atoms with Gasteiger partial charge in [0.25, 0.3) is 0 Å². The minimum Gasteiger partial charge on any atom is -0.310 e. The van der Waals surface area contributed by atoms with Crippen molar-refractivity contribution in [1.29, 1.82) is 0 Å². The highest BCUT2D eigenvalue weighted by Gasteiger charge is 2.17. The van der Waals surface area contributed by atoms with Crippen LogP contribution >= 0.6 is 0 Å². The predicted molar refractivity (Wildman–Crippen MR) is 177 cm³/mol. The lowest BCUT2D eigenvalue weighted by molar-refractivity contribution is 1.30. The van der Waals surface area contributed by atoms with Crippen LogP contribution in [0.1, 0.15) is 12.3 Å². The summed E-state index contributed by atoms with van der Waals surface area (Å²) in [6.07, 6.45) is 0. The molecule has 0 saturated heterocycles. The Balaban J connectivity index is 1.51. The maximum atomic E-state index is 9.50. The molecule has 0 radical (unpaired) electrons. The Morgan fingerprint density at radius 3 is 1.56 bits per heavy atom. The van der Waals surface area contributed by atoms with Crippen LogP contribution in [-0.4, -0.2) is 0 Å². The van der Waals surface area contributed by atoms with Gasteiger partial charge >= 0.3 is 0 Å². The molecule has 0 unspecified atom stereocenters.